The highest BCUT2D eigenvalue weighted by atomic mass is 32.1. The Bertz CT molecular complexity index is 375. The molecule has 0 aromatic carbocycles. The summed E-state index contributed by atoms with van der Waals surface area (Å²) in [5.74, 6) is 0.791. The van der Waals surface area contributed by atoms with Gasteiger partial charge in [0.25, 0.3) is 0 Å². The minimum atomic E-state index is 0.413. The molecule has 4 heteroatoms. The Balaban J connectivity index is 1.88. The van der Waals surface area contributed by atoms with Gasteiger partial charge in [0, 0.05) is 23.5 Å². The second-order valence-corrected chi connectivity index (χ2v) is 6.37. The zero-order valence-corrected chi connectivity index (χ0v) is 12.0. The van der Waals surface area contributed by atoms with E-state index >= 15 is 0 Å². The summed E-state index contributed by atoms with van der Waals surface area (Å²) < 4.78 is 0. The Labute approximate surface area is 108 Å². The zero-order chi connectivity index (χ0) is 12.4. The Kier molecular flexibility index (Phi) is 4.17. The number of rotatable bonds is 4. The van der Waals surface area contributed by atoms with Gasteiger partial charge < -0.3 is 10.6 Å². The lowest BCUT2D eigenvalue weighted by atomic mass is 10.0. The van der Waals surface area contributed by atoms with E-state index < -0.39 is 0 Å². The molecule has 0 bridgehead atoms. The highest BCUT2D eigenvalue weighted by Crippen LogP contribution is 2.24. The molecule has 2 rings (SSSR count). The lowest BCUT2D eigenvalue weighted by Crippen LogP contribution is -2.38. The maximum atomic E-state index is 4.49. The molecule has 0 saturated carbocycles. The third kappa shape index (κ3) is 3.06. The molecule has 17 heavy (non-hydrogen) atoms. The van der Waals surface area contributed by atoms with Crippen molar-refractivity contribution in [3.05, 3.63) is 15.6 Å². The summed E-state index contributed by atoms with van der Waals surface area (Å²) in [6.45, 7) is 11.0. The second-order valence-electron chi connectivity index (χ2n) is 5.14. The van der Waals surface area contributed by atoms with Gasteiger partial charge in [-0.05, 0) is 39.7 Å². The van der Waals surface area contributed by atoms with E-state index in [0.717, 1.165) is 12.5 Å². The molecule has 0 aliphatic carbocycles. The van der Waals surface area contributed by atoms with Crippen molar-refractivity contribution in [3.63, 3.8) is 0 Å². The fraction of sp³-hybridized carbons (Fsp3) is 0.769. The predicted molar refractivity (Wildman–Crippen MR) is 73.6 cm³/mol. The third-order valence-electron chi connectivity index (χ3n) is 3.67. The molecule has 96 valence electrons. The smallest absolute Gasteiger partial charge is 0.0900 e. The molecule has 2 heterocycles. The molecule has 1 saturated heterocycles. The molecule has 1 aromatic rings. The van der Waals surface area contributed by atoms with E-state index in [1.165, 1.54) is 28.5 Å². The van der Waals surface area contributed by atoms with Gasteiger partial charge in [-0.15, -0.1) is 11.3 Å². The van der Waals surface area contributed by atoms with Crippen LogP contribution in [0.25, 0.3) is 0 Å². The fourth-order valence-corrected chi connectivity index (χ4v) is 3.47. The molecule has 3 atom stereocenters. The predicted octanol–water partition coefficient (Wildman–Crippen LogP) is 2.41. The number of aryl methyl sites for hydroxylation is 2. The molecule has 0 spiro atoms. The van der Waals surface area contributed by atoms with E-state index in [1.807, 2.05) is 11.3 Å². The SMILES string of the molecule is Cc1nc(C)c(C(C)NCC2NCCC2C)s1. The van der Waals surface area contributed by atoms with Crippen molar-refractivity contribution in [1.82, 2.24) is 15.6 Å². The number of hydrogen-bond acceptors (Lipinski definition) is 4. The lowest BCUT2D eigenvalue weighted by Gasteiger charge is -2.20. The van der Waals surface area contributed by atoms with Crippen LogP contribution >= 0.6 is 11.3 Å². The summed E-state index contributed by atoms with van der Waals surface area (Å²) in [4.78, 5) is 5.87. The second kappa shape index (κ2) is 5.46. The van der Waals surface area contributed by atoms with Crippen LogP contribution in [-0.2, 0) is 0 Å². The van der Waals surface area contributed by atoms with Crippen LogP contribution < -0.4 is 10.6 Å². The van der Waals surface area contributed by atoms with Crippen molar-refractivity contribution in [3.8, 4) is 0 Å². The van der Waals surface area contributed by atoms with Gasteiger partial charge in [-0.3, -0.25) is 0 Å². The first-order valence-electron chi connectivity index (χ1n) is 6.48. The minimum absolute atomic E-state index is 0.413. The largest absolute Gasteiger partial charge is 0.312 e. The first-order chi connectivity index (χ1) is 8.08. The van der Waals surface area contributed by atoms with E-state index in [2.05, 4.69) is 43.3 Å². The van der Waals surface area contributed by atoms with Crippen molar-refractivity contribution in [2.45, 2.75) is 46.2 Å². The van der Waals surface area contributed by atoms with Crippen LogP contribution in [0.1, 0.15) is 41.9 Å². The normalized spacial score (nSPS) is 26.4. The van der Waals surface area contributed by atoms with E-state index in [1.54, 1.807) is 0 Å². The van der Waals surface area contributed by atoms with Crippen molar-refractivity contribution in [1.29, 1.82) is 0 Å². The molecular weight excluding hydrogens is 230 g/mol. The molecule has 3 nitrogen and oxygen atoms in total. The molecule has 0 amide bonds. The average molecular weight is 253 g/mol. The fourth-order valence-electron chi connectivity index (χ4n) is 2.52. The van der Waals surface area contributed by atoms with E-state index in [4.69, 9.17) is 0 Å². The van der Waals surface area contributed by atoms with Gasteiger partial charge in [0.05, 0.1) is 10.7 Å². The van der Waals surface area contributed by atoms with Crippen molar-refractivity contribution in [2.75, 3.05) is 13.1 Å². The van der Waals surface area contributed by atoms with Gasteiger partial charge in [0.15, 0.2) is 0 Å². The number of hydrogen-bond donors (Lipinski definition) is 2. The highest BCUT2D eigenvalue weighted by Gasteiger charge is 2.23. The zero-order valence-electron chi connectivity index (χ0n) is 11.2. The highest BCUT2D eigenvalue weighted by molar-refractivity contribution is 7.11. The maximum Gasteiger partial charge on any atom is 0.0900 e. The standard InChI is InChI=1S/C13H23N3S/c1-8-5-6-14-12(8)7-15-9(2)13-10(3)16-11(4)17-13/h8-9,12,14-15H,5-7H2,1-4H3. The summed E-state index contributed by atoms with van der Waals surface area (Å²) in [6.07, 6.45) is 1.30. The van der Waals surface area contributed by atoms with Crippen LogP contribution in [0.2, 0.25) is 0 Å². The van der Waals surface area contributed by atoms with E-state index in [9.17, 15) is 0 Å². The van der Waals surface area contributed by atoms with Crippen molar-refractivity contribution >= 4 is 11.3 Å². The van der Waals surface area contributed by atoms with Crippen LogP contribution in [-0.4, -0.2) is 24.1 Å². The molecule has 1 aromatic heterocycles. The van der Waals surface area contributed by atoms with Crippen LogP contribution in [0, 0.1) is 19.8 Å². The van der Waals surface area contributed by atoms with Gasteiger partial charge >= 0.3 is 0 Å². The van der Waals surface area contributed by atoms with Gasteiger partial charge in [-0.1, -0.05) is 6.92 Å². The average Bonchev–Trinajstić information content (AvgIpc) is 2.81. The maximum absolute atomic E-state index is 4.49. The van der Waals surface area contributed by atoms with Crippen molar-refractivity contribution in [2.24, 2.45) is 5.92 Å². The Hall–Kier alpha value is -0.450. The summed E-state index contributed by atoms with van der Waals surface area (Å²) in [7, 11) is 0. The summed E-state index contributed by atoms with van der Waals surface area (Å²) in [6, 6.07) is 1.04. The van der Waals surface area contributed by atoms with Gasteiger partial charge in [-0.2, -0.15) is 0 Å². The van der Waals surface area contributed by atoms with Crippen molar-refractivity contribution < 1.29 is 0 Å². The first-order valence-corrected chi connectivity index (χ1v) is 7.30. The number of nitrogens with one attached hydrogen (secondary N) is 2. The Morgan fingerprint density at radius 2 is 2.29 bits per heavy atom. The van der Waals surface area contributed by atoms with Gasteiger partial charge in [0.2, 0.25) is 0 Å². The van der Waals surface area contributed by atoms with E-state index in [-0.39, 0.29) is 0 Å². The van der Waals surface area contributed by atoms with Gasteiger partial charge in [-0.25, -0.2) is 4.98 Å². The number of aromatic nitrogens is 1. The topological polar surface area (TPSA) is 37.0 Å². The molecular formula is C13H23N3S. The molecule has 1 fully saturated rings. The van der Waals surface area contributed by atoms with E-state index in [0.29, 0.717) is 12.1 Å². The summed E-state index contributed by atoms with van der Waals surface area (Å²) in [5, 5.41) is 8.36. The Morgan fingerprint density at radius 3 is 2.82 bits per heavy atom. The molecule has 1 aliphatic rings. The van der Waals surface area contributed by atoms with Gasteiger partial charge in [0.1, 0.15) is 0 Å². The lowest BCUT2D eigenvalue weighted by molar-refractivity contribution is 0.426. The Morgan fingerprint density at radius 1 is 1.53 bits per heavy atom. The molecule has 0 radical (unpaired) electrons. The summed E-state index contributed by atoms with van der Waals surface area (Å²) in [5.41, 5.74) is 1.18. The monoisotopic (exact) mass is 253 g/mol. The van der Waals surface area contributed by atoms with Crippen LogP contribution in [0.5, 0.6) is 0 Å². The molecule has 2 N–H and O–H groups in total. The molecule has 3 unspecified atom stereocenters. The third-order valence-corrected chi connectivity index (χ3v) is 4.93. The quantitative estimate of drug-likeness (QED) is 0.865. The first kappa shape index (κ1) is 13.0. The minimum Gasteiger partial charge on any atom is -0.312 e. The number of nitrogens with zero attached hydrogens (tertiary/aromatic N) is 1. The number of thiazole rings is 1. The molecule has 1 aliphatic heterocycles. The van der Waals surface area contributed by atoms with Crippen LogP contribution in [0.4, 0.5) is 0 Å². The summed E-state index contributed by atoms with van der Waals surface area (Å²) >= 11 is 1.81. The van der Waals surface area contributed by atoms with Crippen LogP contribution in [0.15, 0.2) is 0 Å². The van der Waals surface area contributed by atoms with Crippen LogP contribution in [0.3, 0.4) is 0 Å².